The van der Waals surface area contributed by atoms with Crippen molar-refractivity contribution >= 4 is 23.1 Å². The van der Waals surface area contributed by atoms with Crippen LogP contribution in [0, 0.1) is 0 Å². The number of phenols is 1. The van der Waals surface area contributed by atoms with Crippen LogP contribution in [0.4, 0.5) is 0 Å². The summed E-state index contributed by atoms with van der Waals surface area (Å²) in [6.45, 7) is 8.72. The molecular formula is C43H52O16. The second-order valence-electron chi connectivity index (χ2n) is 17.8. The molecule has 16 atom stereocenters. The second kappa shape index (κ2) is 14.7. The van der Waals surface area contributed by atoms with Crippen molar-refractivity contribution in [2.45, 2.75) is 183 Å². The highest BCUT2D eigenvalue weighted by Gasteiger charge is 2.67. The average Bonchev–Trinajstić information content (AvgIpc) is 3.16. The topological polar surface area (TPSA) is 223 Å². The lowest BCUT2D eigenvalue weighted by Crippen LogP contribution is -2.69. The molecule has 5 heterocycles. The van der Waals surface area contributed by atoms with E-state index < -0.39 is 120 Å². The van der Waals surface area contributed by atoms with Gasteiger partial charge < -0.3 is 58.3 Å². The maximum atomic E-state index is 14.4. The molecule has 9 rings (SSSR count). The summed E-state index contributed by atoms with van der Waals surface area (Å²) in [6.07, 6.45) is -3.16. The number of ether oxygens (including phenoxy) is 8. The lowest BCUT2D eigenvalue weighted by atomic mass is 9.57. The number of carbonyl (C=O) groups is 4. The van der Waals surface area contributed by atoms with E-state index >= 15 is 0 Å². The number of aliphatic hydroxyl groups is 3. The monoisotopic (exact) mass is 824 g/mol. The lowest BCUT2D eigenvalue weighted by Gasteiger charge is -2.53. The molecule has 320 valence electrons. The van der Waals surface area contributed by atoms with Crippen molar-refractivity contribution in [3.8, 4) is 5.75 Å². The van der Waals surface area contributed by atoms with Gasteiger partial charge in [-0.2, -0.15) is 0 Å². The van der Waals surface area contributed by atoms with Crippen molar-refractivity contribution in [1.82, 2.24) is 0 Å². The van der Waals surface area contributed by atoms with E-state index in [2.05, 4.69) is 0 Å². The number of carbonyl (C=O) groups excluding carboxylic acids is 4. The van der Waals surface area contributed by atoms with Crippen LogP contribution >= 0.6 is 0 Å². The molecule has 0 aromatic heterocycles. The first-order valence-electron chi connectivity index (χ1n) is 20.7. The largest absolute Gasteiger partial charge is 0.507 e. The summed E-state index contributed by atoms with van der Waals surface area (Å²) in [7, 11) is 0. The van der Waals surface area contributed by atoms with Gasteiger partial charge in [-0.3, -0.25) is 19.2 Å². The molecule has 5 aliphatic heterocycles. The minimum absolute atomic E-state index is 0.0980. The molecule has 0 spiro atoms. The Morgan fingerprint density at radius 1 is 0.814 bits per heavy atom. The van der Waals surface area contributed by atoms with Crippen LogP contribution in [0.2, 0.25) is 0 Å². The number of fused-ring (bicyclic) bond motifs is 5. The first kappa shape index (κ1) is 41.1. The van der Waals surface area contributed by atoms with Gasteiger partial charge in [0.05, 0.1) is 59.5 Å². The zero-order valence-electron chi connectivity index (χ0n) is 33.7. The number of ketones is 4. The minimum Gasteiger partial charge on any atom is -0.507 e. The van der Waals surface area contributed by atoms with Crippen LogP contribution in [0.15, 0.2) is 35.4 Å². The molecule has 0 bridgehead atoms. The highest BCUT2D eigenvalue weighted by Crippen LogP contribution is 2.53. The van der Waals surface area contributed by atoms with Crippen molar-refractivity contribution in [3.63, 3.8) is 0 Å². The Morgan fingerprint density at radius 3 is 2.31 bits per heavy atom. The molecule has 0 radical (unpaired) electrons. The summed E-state index contributed by atoms with van der Waals surface area (Å²) in [5.74, 6) is -3.20. The van der Waals surface area contributed by atoms with Crippen LogP contribution in [0.25, 0.3) is 0 Å². The van der Waals surface area contributed by atoms with Gasteiger partial charge in [-0.15, -0.1) is 0 Å². The van der Waals surface area contributed by atoms with E-state index in [1.54, 1.807) is 27.7 Å². The zero-order chi connectivity index (χ0) is 41.9. The Labute approximate surface area is 340 Å². The quantitative estimate of drug-likeness (QED) is 0.335. The summed E-state index contributed by atoms with van der Waals surface area (Å²) in [6, 6.07) is 2.81. The first-order chi connectivity index (χ1) is 27.9. The molecule has 1 saturated carbocycles. The molecule has 1 aromatic carbocycles. The van der Waals surface area contributed by atoms with Crippen LogP contribution < -0.4 is 0 Å². The Bertz CT molecular complexity index is 2010. The number of aliphatic hydroxyl groups excluding tert-OH is 1. The van der Waals surface area contributed by atoms with Gasteiger partial charge in [-0.1, -0.05) is 12.1 Å². The van der Waals surface area contributed by atoms with Gasteiger partial charge in [0.25, 0.3) is 0 Å². The lowest BCUT2D eigenvalue weighted by molar-refractivity contribution is -0.347. The van der Waals surface area contributed by atoms with Gasteiger partial charge in [0.1, 0.15) is 29.7 Å². The second-order valence-corrected chi connectivity index (χ2v) is 17.8. The molecule has 5 saturated heterocycles. The van der Waals surface area contributed by atoms with Crippen LogP contribution in [0.5, 0.6) is 5.75 Å². The molecule has 0 unspecified atom stereocenters. The third kappa shape index (κ3) is 6.70. The summed E-state index contributed by atoms with van der Waals surface area (Å²) in [4.78, 5) is 55.2. The number of phenolic OH excluding ortho intramolecular Hbond substituents is 1. The molecule has 16 nitrogen and oxygen atoms in total. The van der Waals surface area contributed by atoms with E-state index in [0.717, 1.165) is 6.08 Å². The molecule has 8 aliphatic rings. The Morgan fingerprint density at radius 2 is 1.56 bits per heavy atom. The van der Waals surface area contributed by atoms with E-state index in [-0.39, 0.29) is 59.5 Å². The van der Waals surface area contributed by atoms with Crippen molar-refractivity contribution in [1.29, 1.82) is 0 Å². The van der Waals surface area contributed by atoms with Crippen molar-refractivity contribution < 1.29 is 77.5 Å². The van der Waals surface area contributed by atoms with E-state index in [4.69, 9.17) is 37.9 Å². The maximum absolute atomic E-state index is 14.4. The number of hydrogen-bond acceptors (Lipinski definition) is 16. The van der Waals surface area contributed by atoms with Gasteiger partial charge in [0.2, 0.25) is 0 Å². The van der Waals surface area contributed by atoms with Crippen LogP contribution in [0.3, 0.4) is 0 Å². The zero-order valence-corrected chi connectivity index (χ0v) is 33.7. The standard InChI is InChI=1S/C43H52O16/c1-18-25(44)8-10-32(53-18)57-27-9-11-33(54-20(27)3)59-41(5)16-31(46)43(51)35-24(12-13-42(43,50)17-41)37(48)34-23(38(35)49)7-6-22(36(34)47)28-15-29-39(21(4)52-28)58-40-30(56-29)14-26(45)19(2)55-40/h6-7,12-13,18-21,25,27-30,32-33,39-40,44,47,50-51H,8-11,14-17H2,1-5H3/t18-,19-,20-,21+,25-,27-,28+,29+,30+,32-,33-,39-,40+,41-,42-,43-/m0/s1. The Balaban J connectivity index is 0.907. The molecule has 59 heavy (non-hydrogen) atoms. The van der Waals surface area contributed by atoms with E-state index in [1.807, 2.05) is 6.92 Å². The van der Waals surface area contributed by atoms with Gasteiger partial charge in [-0.25, -0.2) is 0 Å². The van der Waals surface area contributed by atoms with Gasteiger partial charge in [0.15, 0.2) is 47.6 Å². The fourth-order valence-corrected chi connectivity index (χ4v) is 10.4. The van der Waals surface area contributed by atoms with E-state index in [1.165, 1.54) is 18.2 Å². The number of aromatic hydroxyl groups is 1. The van der Waals surface area contributed by atoms with Gasteiger partial charge in [0, 0.05) is 55.2 Å². The van der Waals surface area contributed by atoms with Crippen molar-refractivity contribution in [2.75, 3.05) is 0 Å². The molecule has 6 fully saturated rings. The fraction of sp³-hybridized carbons (Fsp3) is 0.674. The highest BCUT2D eigenvalue weighted by atomic mass is 16.7. The molecule has 0 amide bonds. The number of hydrogen-bond donors (Lipinski definition) is 4. The SMILES string of the molecule is C[C@@H]1O[C@@H]2O[C@H]3[C@@H](C)O[C@@H](c4ccc5c(c4O)C(=O)C4=C(C5=O)[C@@]5(O)C(=O)C[C@](C)(O[C@H]6CC[C@H](O[C@H]7CC[C@H](O)[C@H](C)O7)[C@H](C)O6)C[C@@]5(O)C=C4)C[C@H]3O[C@@H]2CC1=O. The third-order valence-electron chi connectivity index (χ3n) is 13.6. The number of Topliss-reactive ketones (excluding diaryl/α,β-unsaturated/α-hetero) is 4. The summed E-state index contributed by atoms with van der Waals surface area (Å²) < 4.78 is 49.0. The maximum Gasteiger partial charge on any atom is 0.198 e. The molecule has 4 N–H and O–H groups in total. The predicted molar refractivity (Wildman–Crippen MR) is 200 cm³/mol. The van der Waals surface area contributed by atoms with Gasteiger partial charge >= 0.3 is 0 Å². The Kier molecular flexibility index (Phi) is 10.2. The molecule has 16 heteroatoms. The average molecular weight is 825 g/mol. The Hall–Kier alpha value is -3.26. The number of rotatable bonds is 5. The van der Waals surface area contributed by atoms with Crippen LogP contribution in [-0.2, 0) is 47.5 Å². The molecular weight excluding hydrogens is 772 g/mol. The first-order valence-corrected chi connectivity index (χ1v) is 20.7. The third-order valence-corrected chi connectivity index (χ3v) is 13.6. The summed E-state index contributed by atoms with van der Waals surface area (Å²) in [5.41, 5.74) is -7.67. The van der Waals surface area contributed by atoms with Gasteiger partial charge in [-0.05, 0) is 59.6 Å². The van der Waals surface area contributed by atoms with Crippen LogP contribution in [0.1, 0.15) is 118 Å². The van der Waals surface area contributed by atoms with Crippen LogP contribution in [-0.4, -0.2) is 134 Å². The summed E-state index contributed by atoms with van der Waals surface area (Å²) >= 11 is 0. The summed E-state index contributed by atoms with van der Waals surface area (Å²) in [5, 5.41) is 46.1. The van der Waals surface area contributed by atoms with E-state index in [0.29, 0.717) is 25.7 Å². The van der Waals surface area contributed by atoms with E-state index in [9.17, 15) is 39.6 Å². The minimum atomic E-state index is -2.79. The smallest absolute Gasteiger partial charge is 0.198 e. The number of allylic oxidation sites excluding steroid dienone is 2. The fourth-order valence-electron chi connectivity index (χ4n) is 10.4. The highest BCUT2D eigenvalue weighted by molar-refractivity contribution is 6.32. The molecule has 1 aromatic rings. The van der Waals surface area contributed by atoms with Crippen molar-refractivity contribution in [2.24, 2.45) is 0 Å². The van der Waals surface area contributed by atoms with Crippen molar-refractivity contribution in [3.05, 3.63) is 52.1 Å². The predicted octanol–water partition coefficient (Wildman–Crippen LogP) is 2.74. The molecule has 3 aliphatic carbocycles. The normalized spacial score (nSPS) is 45.9. The number of benzene rings is 1.